The molecule has 0 atom stereocenters. The van der Waals surface area contributed by atoms with E-state index in [-0.39, 0.29) is 12.6 Å². The molecule has 0 fully saturated rings. The molecule has 1 rings (SSSR count). The Kier molecular flexibility index (Phi) is 6.22. The molecule has 0 aliphatic carbocycles. The van der Waals surface area contributed by atoms with Gasteiger partial charge in [0.1, 0.15) is 19.0 Å². The number of hydrogen-bond donors (Lipinski definition) is 1. The van der Waals surface area contributed by atoms with Gasteiger partial charge < -0.3 is 15.2 Å². The van der Waals surface area contributed by atoms with Crippen molar-refractivity contribution >= 4 is 12.0 Å². The predicted octanol–water partition coefficient (Wildman–Crippen LogP) is 2.50. The van der Waals surface area contributed by atoms with E-state index in [1.165, 1.54) is 0 Å². The van der Waals surface area contributed by atoms with Gasteiger partial charge in [-0.05, 0) is 12.1 Å². The molecule has 1 aromatic rings. The second kappa shape index (κ2) is 7.97. The molecular weight excluding hydrogens is 242 g/mol. The van der Waals surface area contributed by atoms with Crippen LogP contribution in [0, 0.1) is 0 Å². The van der Waals surface area contributed by atoms with Gasteiger partial charge in [0.25, 0.3) is 0 Å². The third kappa shape index (κ3) is 5.29. The number of carbonyl (C=O) groups is 1. The summed E-state index contributed by atoms with van der Waals surface area (Å²) in [4.78, 5) is 11.0. The summed E-state index contributed by atoms with van der Waals surface area (Å²) in [7, 11) is 0. The smallest absolute Gasteiger partial charge is 0.305 e. The van der Waals surface area contributed by atoms with Gasteiger partial charge in [-0.1, -0.05) is 37.8 Å². The molecule has 0 heterocycles. The minimum Gasteiger partial charge on any atom is -0.489 e. The monoisotopic (exact) mass is 261 g/mol. The Hall–Kier alpha value is -2.23. The third-order valence-electron chi connectivity index (χ3n) is 2.31. The molecule has 4 nitrogen and oxygen atoms in total. The Bertz CT molecular complexity index is 466. The molecule has 1 aromatic carbocycles. The second-order valence-electron chi connectivity index (χ2n) is 3.87. The van der Waals surface area contributed by atoms with E-state index in [1.54, 1.807) is 19.1 Å². The van der Waals surface area contributed by atoms with Gasteiger partial charge in [-0.15, -0.1) is 0 Å². The highest BCUT2D eigenvalue weighted by atomic mass is 16.5. The van der Waals surface area contributed by atoms with Gasteiger partial charge in [0.15, 0.2) is 0 Å². The molecule has 0 bridgehead atoms. The van der Waals surface area contributed by atoms with Crippen molar-refractivity contribution in [3.05, 3.63) is 48.2 Å². The van der Waals surface area contributed by atoms with Crippen molar-refractivity contribution in [2.45, 2.75) is 13.3 Å². The van der Waals surface area contributed by atoms with Crippen LogP contribution in [0.3, 0.4) is 0 Å². The highest BCUT2D eigenvalue weighted by Gasteiger charge is 2.03. The van der Waals surface area contributed by atoms with Crippen molar-refractivity contribution in [3.63, 3.8) is 0 Å². The minimum absolute atomic E-state index is 0.0858. The Morgan fingerprint density at radius 3 is 2.84 bits per heavy atom. The standard InChI is InChI=1S/C15H19NO3/c1-3-9-18-14-8-6-5-7-12(14)10-13(16)11-19-15(17)4-2/h3,5-8,10H,1,4,9,11,16H2,2H3. The van der Waals surface area contributed by atoms with Crippen LogP contribution in [-0.2, 0) is 9.53 Å². The summed E-state index contributed by atoms with van der Waals surface area (Å²) in [6.45, 7) is 5.85. The van der Waals surface area contributed by atoms with Crippen LogP contribution in [0.15, 0.2) is 42.6 Å². The lowest BCUT2D eigenvalue weighted by Crippen LogP contribution is -2.11. The first-order chi connectivity index (χ1) is 9.17. The van der Waals surface area contributed by atoms with Gasteiger partial charge in [-0.2, -0.15) is 0 Å². The number of benzene rings is 1. The minimum atomic E-state index is -0.271. The largest absolute Gasteiger partial charge is 0.489 e. The number of nitrogens with two attached hydrogens (primary N) is 1. The molecule has 0 saturated carbocycles. The van der Waals surface area contributed by atoms with E-state index >= 15 is 0 Å². The SMILES string of the molecule is C=CCOc1ccccc1C=C(N)COC(=O)CC. The lowest BCUT2D eigenvalue weighted by atomic mass is 10.1. The Labute approximate surface area is 113 Å². The fourth-order valence-electron chi connectivity index (χ4n) is 1.39. The zero-order chi connectivity index (χ0) is 14.1. The van der Waals surface area contributed by atoms with E-state index in [2.05, 4.69) is 6.58 Å². The predicted molar refractivity (Wildman–Crippen MR) is 75.5 cm³/mol. The lowest BCUT2D eigenvalue weighted by molar-refractivity contribution is -0.142. The topological polar surface area (TPSA) is 61.6 Å². The average Bonchev–Trinajstić information content (AvgIpc) is 2.43. The molecule has 0 amide bonds. The number of rotatable bonds is 7. The number of para-hydroxylation sites is 1. The van der Waals surface area contributed by atoms with Gasteiger partial charge in [-0.25, -0.2) is 0 Å². The van der Waals surface area contributed by atoms with Gasteiger partial charge in [0, 0.05) is 17.7 Å². The van der Waals surface area contributed by atoms with Crippen LogP contribution < -0.4 is 10.5 Å². The second-order valence-corrected chi connectivity index (χ2v) is 3.87. The van der Waals surface area contributed by atoms with Crippen molar-refractivity contribution in [2.24, 2.45) is 5.73 Å². The van der Waals surface area contributed by atoms with Gasteiger partial charge >= 0.3 is 5.97 Å². The van der Waals surface area contributed by atoms with E-state index < -0.39 is 0 Å². The molecule has 0 saturated heterocycles. The molecule has 0 unspecified atom stereocenters. The summed E-state index contributed by atoms with van der Waals surface area (Å²) in [5.41, 5.74) is 7.13. The first-order valence-corrected chi connectivity index (χ1v) is 6.11. The maximum absolute atomic E-state index is 11.0. The van der Waals surface area contributed by atoms with E-state index in [4.69, 9.17) is 15.2 Å². The zero-order valence-corrected chi connectivity index (χ0v) is 11.1. The average molecular weight is 261 g/mol. The van der Waals surface area contributed by atoms with E-state index in [0.717, 1.165) is 5.56 Å². The third-order valence-corrected chi connectivity index (χ3v) is 2.31. The molecule has 0 spiro atoms. The van der Waals surface area contributed by atoms with Crippen LogP contribution in [-0.4, -0.2) is 19.2 Å². The molecule has 102 valence electrons. The molecule has 0 aliphatic heterocycles. The molecule has 0 radical (unpaired) electrons. The van der Waals surface area contributed by atoms with Crippen molar-refractivity contribution in [3.8, 4) is 5.75 Å². The zero-order valence-electron chi connectivity index (χ0n) is 11.1. The Balaban J connectivity index is 2.73. The molecule has 4 heteroatoms. The Morgan fingerprint density at radius 2 is 2.16 bits per heavy atom. The Morgan fingerprint density at radius 1 is 1.42 bits per heavy atom. The van der Waals surface area contributed by atoms with Crippen LogP contribution in [0.25, 0.3) is 6.08 Å². The van der Waals surface area contributed by atoms with Crippen molar-refractivity contribution < 1.29 is 14.3 Å². The lowest BCUT2D eigenvalue weighted by Gasteiger charge is -2.08. The summed E-state index contributed by atoms with van der Waals surface area (Å²) in [6, 6.07) is 7.49. The molecule has 19 heavy (non-hydrogen) atoms. The molecular formula is C15H19NO3. The fraction of sp³-hybridized carbons (Fsp3) is 0.267. The molecule has 0 aliphatic rings. The molecule has 2 N–H and O–H groups in total. The highest BCUT2D eigenvalue weighted by Crippen LogP contribution is 2.20. The van der Waals surface area contributed by atoms with Crippen molar-refractivity contribution in [2.75, 3.05) is 13.2 Å². The highest BCUT2D eigenvalue weighted by molar-refractivity contribution is 5.69. The summed E-state index contributed by atoms with van der Waals surface area (Å²) < 4.78 is 10.5. The van der Waals surface area contributed by atoms with E-state index in [9.17, 15) is 4.79 Å². The van der Waals surface area contributed by atoms with Gasteiger partial charge in [0.2, 0.25) is 0 Å². The fourth-order valence-corrected chi connectivity index (χ4v) is 1.39. The number of esters is 1. The maximum atomic E-state index is 11.0. The van der Waals surface area contributed by atoms with Gasteiger partial charge in [-0.3, -0.25) is 4.79 Å². The van der Waals surface area contributed by atoms with Gasteiger partial charge in [0.05, 0.1) is 0 Å². The maximum Gasteiger partial charge on any atom is 0.305 e. The van der Waals surface area contributed by atoms with Crippen molar-refractivity contribution in [1.29, 1.82) is 0 Å². The van der Waals surface area contributed by atoms with Crippen LogP contribution in [0.4, 0.5) is 0 Å². The summed E-state index contributed by atoms with van der Waals surface area (Å²) >= 11 is 0. The summed E-state index contributed by atoms with van der Waals surface area (Å²) in [5, 5.41) is 0. The van der Waals surface area contributed by atoms with Crippen LogP contribution >= 0.6 is 0 Å². The van der Waals surface area contributed by atoms with E-state index in [0.29, 0.717) is 24.5 Å². The van der Waals surface area contributed by atoms with Crippen LogP contribution in [0.5, 0.6) is 5.75 Å². The van der Waals surface area contributed by atoms with Crippen LogP contribution in [0.1, 0.15) is 18.9 Å². The summed E-state index contributed by atoms with van der Waals surface area (Å²) in [5.74, 6) is 0.444. The summed E-state index contributed by atoms with van der Waals surface area (Å²) in [6.07, 6.45) is 3.75. The van der Waals surface area contributed by atoms with Crippen LogP contribution in [0.2, 0.25) is 0 Å². The first kappa shape index (κ1) is 14.8. The molecule has 0 aromatic heterocycles. The number of ether oxygens (including phenoxy) is 2. The number of hydrogen-bond acceptors (Lipinski definition) is 4. The number of carbonyl (C=O) groups excluding carboxylic acids is 1. The first-order valence-electron chi connectivity index (χ1n) is 6.11. The quantitative estimate of drug-likeness (QED) is 0.605. The van der Waals surface area contributed by atoms with E-state index in [1.807, 2.05) is 24.3 Å². The normalized spacial score (nSPS) is 10.9. The van der Waals surface area contributed by atoms with Crippen molar-refractivity contribution in [1.82, 2.24) is 0 Å².